The summed E-state index contributed by atoms with van der Waals surface area (Å²) in [7, 11) is 2.00. The monoisotopic (exact) mass is 155 g/mol. The molecule has 0 aromatic carbocycles. The van der Waals surface area contributed by atoms with Gasteiger partial charge in [0.1, 0.15) is 7.85 Å². The van der Waals surface area contributed by atoms with Crippen molar-refractivity contribution in [3.05, 3.63) is 0 Å². The molecular weight excluding hydrogens is 141 g/mol. The van der Waals surface area contributed by atoms with Gasteiger partial charge in [-0.3, -0.25) is 4.79 Å². The summed E-state index contributed by atoms with van der Waals surface area (Å²) in [5, 5.41) is 9.39. The van der Waals surface area contributed by atoms with Gasteiger partial charge in [0.15, 0.2) is 0 Å². The van der Waals surface area contributed by atoms with Gasteiger partial charge in [-0.25, -0.2) is 0 Å². The molecule has 3 N–H and O–H groups in total. The SMILES string of the molecule is BC1CC[C@@H](C(N)=O)C[C@H]1O. The summed E-state index contributed by atoms with van der Waals surface area (Å²) in [6.07, 6.45) is 1.97. The zero-order valence-electron chi connectivity index (χ0n) is 6.79. The van der Waals surface area contributed by atoms with Crippen molar-refractivity contribution in [2.24, 2.45) is 11.7 Å². The molecule has 0 saturated heterocycles. The highest BCUT2D eigenvalue weighted by Crippen LogP contribution is 2.30. The van der Waals surface area contributed by atoms with E-state index in [9.17, 15) is 9.90 Å². The Bertz CT molecular complexity index is 163. The van der Waals surface area contributed by atoms with Crippen LogP contribution < -0.4 is 5.73 Å². The molecule has 1 aliphatic carbocycles. The van der Waals surface area contributed by atoms with Gasteiger partial charge in [-0.05, 0) is 18.7 Å². The van der Waals surface area contributed by atoms with E-state index in [1.807, 2.05) is 7.85 Å². The van der Waals surface area contributed by atoms with E-state index in [4.69, 9.17) is 5.73 Å². The van der Waals surface area contributed by atoms with Crippen molar-refractivity contribution in [1.29, 1.82) is 0 Å². The maximum atomic E-state index is 10.7. The Morgan fingerprint density at radius 3 is 2.64 bits per heavy atom. The summed E-state index contributed by atoms with van der Waals surface area (Å²) in [6, 6.07) is 0. The van der Waals surface area contributed by atoms with Crippen molar-refractivity contribution in [1.82, 2.24) is 0 Å². The van der Waals surface area contributed by atoms with Gasteiger partial charge in [-0.15, -0.1) is 0 Å². The summed E-state index contributed by atoms with van der Waals surface area (Å²) in [5.41, 5.74) is 5.12. The van der Waals surface area contributed by atoms with Gasteiger partial charge in [-0.2, -0.15) is 0 Å². The zero-order chi connectivity index (χ0) is 8.43. The van der Waals surface area contributed by atoms with E-state index < -0.39 is 0 Å². The minimum atomic E-state index is -0.332. The van der Waals surface area contributed by atoms with Crippen LogP contribution in [-0.2, 0) is 4.79 Å². The van der Waals surface area contributed by atoms with Crippen LogP contribution in [0.4, 0.5) is 0 Å². The molecule has 0 spiro atoms. The molecule has 3 nitrogen and oxygen atoms in total. The van der Waals surface area contributed by atoms with Gasteiger partial charge in [0.05, 0.1) is 6.10 Å². The fourth-order valence-corrected chi connectivity index (χ4v) is 1.56. The largest absolute Gasteiger partial charge is 0.394 e. The molecule has 1 rings (SSSR count). The van der Waals surface area contributed by atoms with Crippen LogP contribution in [0.5, 0.6) is 0 Å². The highest BCUT2D eigenvalue weighted by molar-refractivity contribution is 6.12. The minimum absolute atomic E-state index is 0.0961. The van der Waals surface area contributed by atoms with Crippen molar-refractivity contribution in [3.63, 3.8) is 0 Å². The molecule has 0 aliphatic heterocycles. The van der Waals surface area contributed by atoms with Crippen molar-refractivity contribution in [2.45, 2.75) is 31.2 Å². The Morgan fingerprint density at radius 1 is 1.55 bits per heavy atom. The summed E-state index contributed by atoms with van der Waals surface area (Å²) in [5.74, 6) is -0.0391. The average Bonchev–Trinajstić information content (AvgIpc) is 1.94. The molecule has 1 amide bonds. The van der Waals surface area contributed by atoms with Crippen molar-refractivity contribution in [3.8, 4) is 0 Å². The highest BCUT2D eigenvalue weighted by atomic mass is 16.3. The zero-order valence-corrected chi connectivity index (χ0v) is 6.79. The van der Waals surface area contributed by atoms with Crippen LogP contribution in [0.25, 0.3) is 0 Å². The molecule has 1 aliphatic rings. The maximum absolute atomic E-state index is 10.7. The van der Waals surface area contributed by atoms with Crippen molar-refractivity contribution >= 4 is 13.8 Å². The Kier molecular flexibility index (Phi) is 2.55. The number of nitrogens with two attached hydrogens (primary N) is 1. The number of carbonyl (C=O) groups excluding carboxylic acids is 1. The minimum Gasteiger partial charge on any atom is -0.394 e. The Morgan fingerprint density at radius 2 is 2.18 bits per heavy atom. The maximum Gasteiger partial charge on any atom is 0.220 e. The van der Waals surface area contributed by atoms with Crippen molar-refractivity contribution in [2.75, 3.05) is 0 Å². The summed E-state index contributed by atoms with van der Waals surface area (Å²) >= 11 is 0. The van der Waals surface area contributed by atoms with E-state index in [-0.39, 0.29) is 17.9 Å². The predicted molar refractivity (Wildman–Crippen MR) is 44.8 cm³/mol. The van der Waals surface area contributed by atoms with E-state index in [1.54, 1.807) is 0 Å². The van der Waals surface area contributed by atoms with Crippen LogP contribution in [0.3, 0.4) is 0 Å². The standard InChI is InChI=1S/C7H14BNO2/c8-5-2-1-4(7(9)11)3-6(5)10/h4-6,10H,1-3,8H2,(H2,9,11)/t4-,5?,6-/m1/s1. The molecule has 0 heterocycles. The molecule has 1 saturated carbocycles. The second kappa shape index (κ2) is 3.26. The Hall–Kier alpha value is -0.505. The predicted octanol–water partition coefficient (Wildman–Crippen LogP) is -0.946. The molecule has 1 fully saturated rings. The van der Waals surface area contributed by atoms with Gasteiger partial charge in [0, 0.05) is 5.92 Å². The van der Waals surface area contributed by atoms with Crippen LogP contribution in [0.15, 0.2) is 0 Å². The van der Waals surface area contributed by atoms with Crippen LogP contribution in [-0.4, -0.2) is 25.0 Å². The quantitative estimate of drug-likeness (QED) is 0.479. The summed E-state index contributed by atoms with van der Waals surface area (Å²) in [6.45, 7) is 0. The number of hydrogen-bond donors (Lipinski definition) is 2. The second-order valence-electron chi connectivity index (χ2n) is 3.46. The fourth-order valence-electron chi connectivity index (χ4n) is 1.56. The number of amides is 1. The smallest absolute Gasteiger partial charge is 0.220 e. The molecule has 1 unspecified atom stereocenters. The van der Waals surface area contributed by atoms with Gasteiger partial charge in [-0.1, -0.05) is 6.42 Å². The molecule has 4 heteroatoms. The lowest BCUT2D eigenvalue weighted by molar-refractivity contribution is -0.123. The van der Waals surface area contributed by atoms with E-state index in [0.29, 0.717) is 12.2 Å². The topological polar surface area (TPSA) is 63.3 Å². The van der Waals surface area contributed by atoms with E-state index in [2.05, 4.69) is 0 Å². The van der Waals surface area contributed by atoms with Gasteiger partial charge in [0.25, 0.3) is 0 Å². The number of rotatable bonds is 1. The lowest BCUT2D eigenvalue weighted by Crippen LogP contribution is -2.33. The van der Waals surface area contributed by atoms with E-state index in [1.165, 1.54) is 0 Å². The molecule has 0 bridgehead atoms. The van der Waals surface area contributed by atoms with Crippen LogP contribution in [0.1, 0.15) is 19.3 Å². The second-order valence-corrected chi connectivity index (χ2v) is 3.46. The third-order valence-corrected chi connectivity index (χ3v) is 2.56. The number of aliphatic hydroxyl groups excluding tert-OH is 1. The van der Waals surface area contributed by atoms with Gasteiger partial charge >= 0.3 is 0 Å². The number of carbonyl (C=O) groups is 1. The van der Waals surface area contributed by atoms with Crippen LogP contribution >= 0.6 is 0 Å². The molecule has 0 aromatic heterocycles. The van der Waals surface area contributed by atoms with E-state index in [0.717, 1.165) is 12.8 Å². The van der Waals surface area contributed by atoms with E-state index >= 15 is 0 Å². The Labute approximate surface area is 67.4 Å². The average molecular weight is 155 g/mol. The van der Waals surface area contributed by atoms with Gasteiger partial charge < -0.3 is 10.8 Å². The Balaban J connectivity index is 2.46. The fraction of sp³-hybridized carbons (Fsp3) is 0.857. The first-order chi connectivity index (χ1) is 5.11. The number of hydrogen-bond acceptors (Lipinski definition) is 2. The van der Waals surface area contributed by atoms with Crippen LogP contribution in [0.2, 0.25) is 5.82 Å². The highest BCUT2D eigenvalue weighted by Gasteiger charge is 2.28. The van der Waals surface area contributed by atoms with Crippen LogP contribution in [0, 0.1) is 5.92 Å². The normalized spacial score (nSPS) is 38.5. The lowest BCUT2D eigenvalue weighted by atomic mass is 9.70. The summed E-state index contributed by atoms with van der Waals surface area (Å²) in [4.78, 5) is 10.7. The molecule has 62 valence electrons. The van der Waals surface area contributed by atoms with Crippen molar-refractivity contribution < 1.29 is 9.90 Å². The third kappa shape index (κ3) is 1.96. The molecule has 3 atom stereocenters. The molecule has 11 heavy (non-hydrogen) atoms. The first-order valence-corrected chi connectivity index (χ1v) is 4.08. The first-order valence-electron chi connectivity index (χ1n) is 4.08. The van der Waals surface area contributed by atoms with Gasteiger partial charge in [0.2, 0.25) is 5.91 Å². The number of aliphatic hydroxyl groups is 1. The first kappa shape index (κ1) is 8.59. The number of primary amides is 1. The lowest BCUT2D eigenvalue weighted by Gasteiger charge is -2.29. The third-order valence-electron chi connectivity index (χ3n) is 2.56. The molecule has 0 aromatic rings. The molecular formula is C7H14BNO2. The summed E-state index contributed by atoms with van der Waals surface area (Å²) < 4.78 is 0. The molecule has 0 radical (unpaired) electrons.